The molecule has 9 heteroatoms. The number of benzene rings is 2. The highest BCUT2D eigenvalue weighted by Crippen LogP contribution is 2.12. The van der Waals surface area contributed by atoms with Crippen molar-refractivity contribution in [3.05, 3.63) is 64.9 Å². The quantitative estimate of drug-likeness (QED) is 0.731. The summed E-state index contributed by atoms with van der Waals surface area (Å²) in [6, 6.07) is 10.0. The average molecular weight is 413 g/mol. The zero-order valence-corrected chi connectivity index (χ0v) is 16.0. The van der Waals surface area contributed by atoms with Crippen LogP contribution in [0.25, 0.3) is 0 Å². The van der Waals surface area contributed by atoms with Gasteiger partial charge in [-0.3, -0.25) is 9.59 Å². The van der Waals surface area contributed by atoms with Gasteiger partial charge in [0.25, 0.3) is 5.91 Å². The van der Waals surface area contributed by atoms with E-state index in [2.05, 4.69) is 10.6 Å². The van der Waals surface area contributed by atoms with Crippen molar-refractivity contribution in [1.82, 2.24) is 5.32 Å². The van der Waals surface area contributed by atoms with Crippen LogP contribution in [0.4, 0.5) is 10.1 Å². The topological polar surface area (TPSA) is 92.3 Å². The third kappa shape index (κ3) is 6.99. The van der Waals surface area contributed by atoms with Crippen LogP contribution in [0.3, 0.4) is 0 Å². The Labute approximate surface area is 161 Å². The van der Waals surface area contributed by atoms with Crippen LogP contribution >= 0.6 is 11.6 Å². The minimum Gasteiger partial charge on any atom is -0.340 e. The number of hydrogen-bond acceptors (Lipinski definition) is 4. The molecule has 0 fully saturated rings. The van der Waals surface area contributed by atoms with Gasteiger partial charge in [0.15, 0.2) is 0 Å². The van der Waals surface area contributed by atoms with Crippen molar-refractivity contribution in [2.24, 2.45) is 0 Å². The number of anilines is 1. The summed E-state index contributed by atoms with van der Waals surface area (Å²) >= 11 is 5.78. The summed E-state index contributed by atoms with van der Waals surface area (Å²) in [7, 11) is -3.34. The van der Waals surface area contributed by atoms with Gasteiger partial charge in [0.2, 0.25) is 5.91 Å². The molecule has 2 N–H and O–H groups in total. The van der Waals surface area contributed by atoms with Crippen LogP contribution in [-0.4, -0.2) is 38.3 Å². The second-order valence-corrected chi connectivity index (χ2v) is 8.64. The lowest BCUT2D eigenvalue weighted by molar-refractivity contribution is -0.118. The van der Waals surface area contributed by atoms with Gasteiger partial charge in [-0.1, -0.05) is 11.6 Å². The van der Waals surface area contributed by atoms with Crippen molar-refractivity contribution < 1.29 is 22.4 Å². The fourth-order valence-electron chi connectivity index (χ4n) is 2.21. The molecule has 27 heavy (non-hydrogen) atoms. The zero-order chi connectivity index (χ0) is 20.0. The summed E-state index contributed by atoms with van der Waals surface area (Å²) in [6.45, 7) is 0. The minimum absolute atomic E-state index is 0.106. The first-order valence-electron chi connectivity index (χ1n) is 7.94. The minimum atomic E-state index is -3.34. The van der Waals surface area contributed by atoms with Crippen LogP contribution in [-0.2, 0) is 14.6 Å². The van der Waals surface area contributed by atoms with E-state index in [0.717, 1.165) is 6.26 Å². The monoisotopic (exact) mass is 412 g/mol. The number of rotatable bonds is 7. The summed E-state index contributed by atoms with van der Waals surface area (Å²) in [6.07, 6.45) is 0.939. The van der Waals surface area contributed by atoms with Crippen molar-refractivity contribution in [3.63, 3.8) is 0 Å². The Bertz CT molecular complexity index is 915. The molecule has 0 unspecified atom stereocenters. The molecule has 0 bridgehead atoms. The Morgan fingerprint density at radius 3 is 2.22 bits per heavy atom. The molecule has 0 aliphatic heterocycles. The molecule has 0 radical (unpaired) electrons. The van der Waals surface area contributed by atoms with E-state index in [1.54, 1.807) is 0 Å². The maximum absolute atomic E-state index is 13.0. The Morgan fingerprint density at radius 2 is 1.67 bits per heavy atom. The highest BCUT2D eigenvalue weighted by atomic mass is 35.5. The van der Waals surface area contributed by atoms with Crippen molar-refractivity contribution in [2.75, 3.05) is 17.3 Å². The number of halogens is 2. The summed E-state index contributed by atoms with van der Waals surface area (Å²) in [5.41, 5.74) is 0.602. The maximum Gasteiger partial charge on any atom is 0.251 e. The van der Waals surface area contributed by atoms with Gasteiger partial charge in [0.05, 0.1) is 5.75 Å². The van der Waals surface area contributed by atoms with Gasteiger partial charge >= 0.3 is 0 Å². The highest BCUT2D eigenvalue weighted by Gasteiger charge is 2.23. The smallest absolute Gasteiger partial charge is 0.251 e. The van der Waals surface area contributed by atoms with Crippen molar-refractivity contribution in [1.29, 1.82) is 0 Å². The zero-order valence-electron chi connectivity index (χ0n) is 14.4. The SMILES string of the molecule is CS(=O)(=O)CC[C@H](NC(=O)c1ccc(Cl)cc1)C(=O)Nc1ccc(F)cc1. The number of nitrogens with one attached hydrogen (secondary N) is 2. The second kappa shape index (κ2) is 8.96. The van der Waals surface area contributed by atoms with E-state index in [-0.39, 0.29) is 17.7 Å². The van der Waals surface area contributed by atoms with E-state index in [9.17, 15) is 22.4 Å². The molecule has 0 aromatic heterocycles. The molecular formula is C18H18ClFN2O4S. The molecule has 2 aromatic carbocycles. The van der Waals surface area contributed by atoms with Crippen LogP contribution < -0.4 is 10.6 Å². The van der Waals surface area contributed by atoms with Crippen molar-refractivity contribution >= 4 is 38.9 Å². The number of carbonyl (C=O) groups excluding carboxylic acids is 2. The number of hydrogen-bond donors (Lipinski definition) is 2. The van der Waals surface area contributed by atoms with Crippen molar-refractivity contribution in [2.45, 2.75) is 12.5 Å². The van der Waals surface area contributed by atoms with Crippen LogP contribution in [0.5, 0.6) is 0 Å². The lowest BCUT2D eigenvalue weighted by Gasteiger charge is -2.18. The molecule has 0 spiro atoms. The Hall–Kier alpha value is -2.45. The van der Waals surface area contributed by atoms with Crippen molar-refractivity contribution in [3.8, 4) is 0 Å². The van der Waals surface area contributed by atoms with Crippen LogP contribution in [0, 0.1) is 5.82 Å². The van der Waals surface area contributed by atoms with Gasteiger partial charge in [-0.25, -0.2) is 12.8 Å². The lowest BCUT2D eigenvalue weighted by Crippen LogP contribution is -2.44. The predicted octanol–water partition coefficient (Wildman–Crippen LogP) is 2.65. The van der Waals surface area contributed by atoms with E-state index in [0.29, 0.717) is 10.7 Å². The van der Waals surface area contributed by atoms with Crippen LogP contribution in [0.15, 0.2) is 48.5 Å². The Balaban J connectivity index is 2.13. The van der Waals surface area contributed by atoms with E-state index in [4.69, 9.17) is 11.6 Å². The molecule has 6 nitrogen and oxygen atoms in total. The molecule has 2 aromatic rings. The second-order valence-electron chi connectivity index (χ2n) is 5.95. The van der Waals surface area contributed by atoms with Gasteiger partial charge in [0.1, 0.15) is 21.7 Å². The summed E-state index contributed by atoms with van der Waals surface area (Å²) in [5, 5.41) is 5.51. The van der Waals surface area contributed by atoms with Crippen LogP contribution in [0.2, 0.25) is 5.02 Å². The third-order valence-corrected chi connectivity index (χ3v) is 4.85. The first-order valence-corrected chi connectivity index (χ1v) is 10.4. The molecule has 1 atom stereocenters. The molecule has 0 aliphatic carbocycles. The highest BCUT2D eigenvalue weighted by molar-refractivity contribution is 7.90. The van der Waals surface area contributed by atoms with Gasteiger partial charge in [0, 0.05) is 22.5 Å². The predicted molar refractivity (Wildman–Crippen MR) is 102 cm³/mol. The Morgan fingerprint density at radius 1 is 1.07 bits per heavy atom. The standard InChI is InChI=1S/C18H18ClFN2O4S/c1-27(25,26)11-10-16(18(24)21-15-8-6-14(20)7-9-15)22-17(23)12-2-4-13(19)5-3-12/h2-9,16H,10-11H2,1H3,(H,21,24)(H,22,23)/t16-/m0/s1. The van der Waals surface area contributed by atoms with Gasteiger partial charge < -0.3 is 10.6 Å². The number of sulfone groups is 1. The molecule has 2 amide bonds. The third-order valence-electron chi connectivity index (χ3n) is 3.62. The van der Waals surface area contributed by atoms with E-state index in [1.165, 1.54) is 48.5 Å². The Kier molecular flexibility index (Phi) is 6.92. The fraction of sp³-hybridized carbons (Fsp3) is 0.222. The van der Waals surface area contributed by atoms with Crippen LogP contribution in [0.1, 0.15) is 16.8 Å². The number of amides is 2. The molecule has 0 heterocycles. The number of carbonyl (C=O) groups is 2. The normalized spacial score (nSPS) is 12.3. The first-order chi connectivity index (χ1) is 12.6. The van der Waals surface area contributed by atoms with Gasteiger partial charge in [-0.15, -0.1) is 0 Å². The lowest BCUT2D eigenvalue weighted by atomic mass is 10.1. The molecule has 0 saturated heterocycles. The molecule has 2 rings (SSSR count). The molecule has 0 aliphatic rings. The van der Waals surface area contributed by atoms with Gasteiger partial charge in [-0.2, -0.15) is 0 Å². The molecular weight excluding hydrogens is 395 g/mol. The maximum atomic E-state index is 13.0. The largest absolute Gasteiger partial charge is 0.340 e. The summed E-state index contributed by atoms with van der Waals surface area (Å²) < 4.78 is 35.9. The van der Waals surface area contributed by atoms with E-state index in [1.807, 2.05) is 0 Å². The first kappa shape index (κ1) is 20.9. The fourth-order valence-corrected chi connectivity index (χ4v) is 3.00. The summed E-state index contributed by atoms with van der Waals surface area (Å²) in [4.78, 5) is 24.9. The average Bonchev–Trinajstić information content (AvgIpc) is 2.60. The van der Waals surface area contributed by atoms with E-state index < -0.39 is 33.5 Å². The molecule has 144 valence electrons. The summed E-state index contributed by atoms with van der Waals surface area (Å²) in [5.74, 6) is -1.89. The molecule has 0 saturated carbocycles. The van der Waals surface area contributed by atoms with Gasteiger partial charge in [-0.05, 0) is 55.0 Å². The van der Waals surface area contributed by atoms with E-state index >= 15 is 0 Å².